The molecule has 0 radical (unpaired) electrons. The molecule has 1 aromatic rings. The molecule has 4 nitrogen and oxygen atoms in total. The van der Waals surface area contributed by atoms with Crippen molar-refractivity contribution in [3.05, 3.63) is 23.8 Å². The largest absolute Gasteiger partial charge is 0.342 e. The minimum atomic E-state index is 0.318. The maximum absolute atomic E-state index is 12.4. The second-order valence-electron chi connectivity index (χ2n) is 6.92. The van der Waals surface area contributed by atoms with Crippen molar-refractivity contribution in [3.8, 4) is 0 Å². The highest BCUT2D eigenvalue weighted by Crippen LogP contribution is 2.29. The highest BCUT2D eigenvalue weighted by molar-refractivity contribution is 5.76. The predicted octanol–water partition coefficient (Wildman–Crippen LogP) is 3.46. The molecule has 3 rings (SSSR count). The van der Waals surface area contributed by atoms with Crippen LogP contribution in [0.5, 0.6) is 0 Å². The standard InChI is InChI=1S/C18H27N3O/c1-14-9-11-19-18(20-14)16-10-12-21(13-16)17(22)8-7-15-5-3-2-4-6-15/h9,11,15-16H,2-8,10,12-13H2,1H3. The molecule has 2 fully saturated rings. The number of rotatable bonds is 4. The number of carbonyl (C=O) groups excluding carboxylic acids is 1. The summed E-state index contributed by atoms with van der Waals surface area (Å²) in [6, 6.07) is 1.92. The van der Waals surface area contributed by atoms with Gasteiger partial charge in [-0.2, -0.15) is 0 Å². The summed E-state index contributed by atoms with van der Waals surface area (Å²) in [5.41, 5.74) is 1.01. The lowest BCUT2D eigenvalue weighted by molar-refractivity contribution is -0.130. The summed E-state index contributed by atoms with van der Waals surface area (Å²) >= 11 is 0. The Hall–Kier alpha value is -1.45. The van der Waals surface area contributed by atoms with Gasteiger partial charge in [0.25, 0.3) is 0 Å². The smallest absolute Gasteiger partial charge is 0.222 e. The van der Waals surface area contributed by atoms with Crippen LogP contribution in [0.25, 0.3) is 0 Å². The lowest BCUT2D eigenvalue weighted by Gasteiger charge is -2.22. The maximum Gasteiger partial charge on any atom is 0.222 e. The molecule has 4 heteroatoms. The quantitative estimate of drug-likeness (QED) is 0.855. The molecule has 1 atom stereocenters. The molecule has 1 aliphatic heterocycles. The molecule has 2 heterocycles. The molecule has 1 saturated heterocycles. The van der Waals surface area contributed by atoms with Crippen molar-refractivity contribution in [1.82, 2.24) is 14.9 Å². The second-order valence-corrected chi connectivity index (χ2v) is 6.92. The fourth-order valence-corrected chi connectivity index (χ4v) is 3.82. The minimum Gasteiger partial charge on any atom is -0.342 e. The minimum absolute atomic E-state index is 0.318. The van der Waals surface area contributed by atoms with Crippen molar-refractivity contribution < 1.29 is 4.79 Å². The van der Waals surface area contributed by atoms with E-state index in [1.54, 1.807) is 0 Å². The molecule has 1 aromatic heterocycles. The first-order chi connectivity index (χ1) is 10.7. The van der Waals surface area contributed by atoms with Crippen molar-refractivity contribution in [2.75, 3.05) is 13.1 Å². The van der Waals surface area contributed by atoms with Gasteiger partial charge in [0.15, 0.2) is 0 Å². The third-order valence-electron chi connectivity index (χ3n) is 5.21. The molecule has 1 unspecified atom stereocenters. The van der Waals surface area contributed by atoms with Gasteiger partial charge in [-0.15, -0.1) is 0 Å². The molecular weight excluding hydrogens is 274 g/mol. The van der Waals surface area contributed by atoms with Crippen molar-refractivity contribution in [1.29, 1.82) is 0 Å². The molecular formula is C18H27N3O. The molecule has 120 valence electrons. The third-order valence-corrected chi connectivity index (χ3v) is 5.21. The molecule has 1 saturated carbocycles. The fourth-order valence-electron chi connectivity index (χ4n) is 3.82. The van der Waals surface area contributed by atoms with Gasteiger partial charge in [-0.3, -0.25) is 4.79 Å². The lowest BCUT2D eigenvalue weighted by atomic mass is 9.86. The normalized spacial score (nSPS) is 23.0. The Bertz CT molecular complexity index is 511. The number of likely N-dealkylation sites (tertiary alicyclic amines) is 1. The van der Waals surface area contributed by atoms with E-state index in [1.165, 1.54) is 32.1 Å². The molecule has 0 bridgehead atoms. The fraction of sp³-hybridized carbons (Fsp3) is 0.722. The average Bonchev–Trinajstić information content (AvgIpc) is 3.04. The van der Waals surface area contributed by atoms with E-state index in [0.717, 1.165) is 49.8 Å². The zero-order valence-electron chi connectivity index (χ0n) is 13.6. The van der Waals surface area contributed by atoms with Gasteiger partial charge in [0, 0.05) is 37.3 Å². The zero-order chi connectivity index (χ0) is 15.4. The van der Waals surface area contributed by atoms with E-state index in [4.69, 9.17) is 0 Å². The van der Waals surface area contributed by atoms with E-state index < -0.39 is 0 Å². The summed E-state index contributed by atoms with van der Waals surface area (Å²) in [7, 11) is 0. The zero-order valence-corrected chi connectivity index (χ0v) is 13.6. The van der Waals surface area contributed by atoms with Crippen LogP contribution in [0.1, 0.15) is 68.8 Å². The Balaban J connectivity index is 1.48. The Kier molecular flexibility index (Phi) is 5.06. The van der Waals surface area contributed by atoms with Crippen LogP contribution in [0.4, 0.5) is 0 Å². The highest BCUT2D eigenvalue weighted by Gasteiger charge is 2.29. The first-order valence-corrected chi connectivity index (χ1v) is 8.79. The van der Waals surface area contributed by atoms with Gasteiger partial charge in [0.1, 0.15) is 5.82 Å². The third kappa shape index (κ3) is 3.84. The van der Waals surface area contributed by atoms with Crippen LogP contribution < -0.4 is 0 Å². The number of hydrogen-bond donors (Lipinski definition) is 0. The van der Waals surface area contributed by atoms with Crippen LogP contribution in [0.3, 0.4) is 0 Å². The first-order valence-electron chi connectivity index (χ1n) is 8.79. The number of carbonyl (C=O) groups is 1. The molecule has 1 amide bonds. The van der Waals surface area contributed by atoms with Crippen LogP contribution in [0, 0.1) is 12.8 Å². The Morgan fingerprint density at radius 2 is 2.09 bits per heavy atom. The summed E-state index contributed by atoms with van der Waals surface area (Å²) in [6.07, 6.45) is 11.4. The van der Waals surface area contributed by atoms with Crippen molar-refractivity contribution in [2.24, 2.45) is 5.92 Å². The van der Waals surface area contributed by atoms with Gasteiger partial charge in [0.2, 0.25) is 5.91 Å². The summed E-state index contributed by atoms with van der Waals surface area (Å²) in [5, 5.41) is 0. The van der Waals surface area contributed by atoms with Crippen molar-refractivity contribution >= 4 is 5.91 Å². The number of aromatic nitrogens is 2. The Morgan fingerprint density at radius 1 is 1.27 bits per heavy atom. The summed E-state index contributed by atoms with van der Waals surface area (Å²) in [6.45, 7) is 3.66. The second kappa shape index (κ2) is 7.21. The van der Waals surface area contributed by atoms with E-state index in [9.17, 15) is 4.79 Å². The van der Waals surface area contributed by atoms with Crippen LogP contribution >= 0.6 is 0 Å². The summed E-state index contributed by atoms with van der Waals surface area (Å²) < 4.78 is 0. The molecule has 22 heavy (non-hydrogen) atoms. The van der Waals surface area contributed by atoms with E-state index in [-0.39, 0.29) is 0 Å². The Morgan fingerprint density at radius 3 is 2.86 bits per heavy atom. The molecule has 0 N–H and O–H groups in total. The van der Waals surface area contributed by atoms with E-state index in [0.29, 0.717) is 11.8 Å². The topological polar surface area (TPSA) is 46.1 Å². The summed E-state index contributed by atoms with van der Waals surface area (Å²) in [4.78, 5) is 23.3. The van der Waals surface area contributed by atoms with E-state index >= 15 is 0 Å². The number of nitrogens with zero attached hydrogens (tertiary/aromatic N) is 3. The van der Waals surface area contributed by atoms with Gasteiger partial charge >= 0.3 is 0 Å². The van der Waals surface area contributed by atoms with Crippen LogP contribution in [0.2, 0.25) is 0 Å². The maximum atomic E-state index is 12.4. The monoisotopic (exact) mass is 301 g/mol. The van der Waals surface area contributed by atoms with Gasteiger partial charge in [-0.25, -0.2) is 9.97 Å². The average molecular weight is 301 g/mol. The van der Waals surface area contributed by atoms with Gasteiger partial charge in [0.05, 0.1) is 0 Å². The SMILES string of the molecule is Cc1ccnc(C2CCN(C(=O)CCC3CCCCC3)C2)n1. The van der Waals surface area contributed by atoms with Crippen molar-refractivity contribution in [2.45, 2.75) is 64.2 Å². The molecule has 0 spiro atoms. The highest BCUT2D eigenvalue weighted by atomic mass is 16.2. The molecule has 0 aromatic carbocycles. The number of hydrogen-bond acceptors (Lipinski definition) is 3. The first kappa shape index (κ1) is 15.4. The van der Waals surface area contributed by atoms with Gasteiger partial charge < -0.3 is 4.90 Å². The number of aryl methyl sites for hydroxylation is 1. The van der Waals surface area contributed by atoms with Crippen molar-refractivity contribution in [3.63, 3.8) is 0 Å². The lowest BCUT2D eigenvalue weighted by Crippen LogP contribution is -2.29. The molecule has 2 aliphatic rings. The van der Waals surface area contributed by atoms with Crippen LogP contribution in [-0.4, -0.2) is 33.9 Å². The molecule has 1 aliphatic carbocycles. The number of amides is 1. The van der Waals surface area contributed by atoms with Crippen LogP contribution in [-0.2, 0) is 4.79 Å². The van der Waals surface area contributed by atoms with E-state index in [1.807, 2.05) is 24.1 Å². The van der Waals surface area contributed by atoms with Gasteiger partial charge in [-0.05, 0) is 31.7 Å². The van der Waals surface area contributed by atoms with Gasteiger partial charge in [-0.1, -0.05) is 32.1 Å². The van der Waals surface area contributed by atoms with E-state index in [2.05, 4.69) is 9.97 Å². The van der Waals surface area contributed by atoms with Crippen LogP contribution in [0.15, 0.2) is 12.3 Å². The predicted molar refractivity (Wildman–Crippen MR) is 86.5 cm³/mol. The Labute approximate surface area is 133 Å². The summed E-state index contributed by atoms with van der Waals surface area (Å²) in [5.74, 6) is 2.35.